The van der Waals surface area contributed by atoms with Crippen LogP contribution >= 0.6 is 0 Å². The summed E-state index contributed by atoms with van der Waals surface area (Å²) in [5.74, 6) is 0.737. The highest BCUT2D eigenvalue weighted by molar-refractivity contribution is 5.95. The largest absolute Gasteiger partial charge is 0.345 e. The average Bonchev–Trinajstić information content (AvgIpc) is 3.01. The molecule has 2 aromatic heterocycles. The Hall–Kier alpha value is -2.21. The van der Waals surface area contributed by atoms with Crippen molar-refractivity contribution in [2.45, 2.75) is 26.3 Å². The third-order valence-electron chi connectivity index (χ3n) is 3.87. The van der Waals surface area contributed by atoms with Gasteiger partial charge in [0.1, 0.15) is 12.1 Å². The molecule has 0 saturated heterocycles. The van der Waals surface area contributed by atoms with Crippen molar-refractivity contribution < 1.29 is 4.79 Å². The van der Waals surface area contributed by atoms with Gasteiger partial charge in [-0.15, -0.1) is 0 Å². The third kappa shape index (κ3) is 3.28. The fourth-order valence-electron chi connectivity index (χ4n) is 1.86. The van der Waals surface area contributed by atoms with E-state index in [1.165, 1.54) is 0 Å². The van der Waals surface area contributed by atoms with E-state index in [4.69, 9.17) is 5.73 Å². The SMILES string of the molecule is CC(C)C(C)(CN)NC(=O)c1ccnc(-n2ccnc2)c1. The van der Waals surface area contributed by atoms with Gasteiger partial charge in [-0.2, -0.15) is 0 Å². The summed E-state index contributed by atoms with van der Waals surface area (Å²) < 4.78 is 1.75. The van der Waals surface area contributed by atoms with Crippen LogP contribution in [0.5, 0.6) is 0 Å². The van der Waals surface area contributed by atoms with Crippen LogP contribution in [0, 0.1) is 5.92 Å². The maximum atomic E-state index is 12.4. The first-order valence-corrected chi connectivity index (χ1v) is 6.93. The highest BCUT2D eigenvalue weighted by Gasteiger charge is 2.29. The van der Waals surface area contributed by atoms with Gasteiger partial charge in [0, 0.05) is 30.7 Å². The minimum Gasteiger partial charge on any atom is -0.345 e. The van der Waals surface area contributed by atoms with Crippen molar-refractivity contribution in [1.82, 2.24) is 19.9 Å². The van der Waals surface area contributed by atoms with Crippen LogP contribution in [0.25, 0.3) is 5.82 Å². The maximum Gasteiger partial charge on any atom is 0.251 e. The summed E-state index contributed by atoms with van der Waals surface area (Å²) in [6, 6.07) is 3.42. The number of hydrogen-bond donors (Lipinski definition) is 2. The van der Waals surface area contributed by atoms with Crippen LogP contribution < -0.4 is 11.1 Å². The van der Waals surface area contributed by atoms with Crippen LogP contribution in [0.4, 0.5) is 0 Å². The second kappa shape index (κ2) is 6.05. The Kier molecular flexibility index (Phi) is 4.37. The van der Waals surface area contributed by atoms with E-state index in [9.17, 15) is 4.79 Å². The number of carbonyl (C=O) groups excluding carboxylic acids is 1. The zero-order valence-corrected chi connectivity index (χ0v) is 12.6. The highest BCUT2D eigenvalue weighted by Crippen LogP contribution is 2.16. The molecule has 0 aliphatic rings. The monoisotopic (exact) mass is 287 g/mol. The van der Waals surface area contributed by atoms with Crippen LogP contribution in [0.2, 0.25) is 0 Å². The summed E-state index contributed by atoms with van der Waals surface area (Å²) in [5.41, 5.74) is 5.92. The van der Waals surface area contributed by atoms with Crippen LogP contribution in [-0.4, -0.2) is 32.5 Å². The van der Waals surface area contributed by atoms with E-state index < -0.39 is 5.54 Å². The molecule has 0 fully saturated rings. The summed E-state index contributed by atoms with van der Waals surface area (Å²) in [7, 11) is 0. The van der Waals surface area contributed by atoms with Gasteiger partial charge in [-0.1, -0.05) is 13.8 Å². The third-order valence-corrected chi connectivity index (χ3v) is 3.87. The number of nitrogens with two attached hydrogens (primary N) is 1. The molecule has 0 spiro atoms. The number of aromatic nitrogens is 3. The number of nitrogens with one attached hydrogen (secondary N) is 1. The van der Waals surface area contributed by atoms with Crippen LogP contribution in [0.3, 0.4) is 0 Å². The number of amides is 1. The highest BCUT2D eigenvalue weighted by atomic mass is 16.1. The Bertz CT molecular complexity index is 608. The lowest BCUT2D eigenvalue weighted by Crippen LogP contribution is -2.55. The Morgan fingerprint density at radius 3 is 2.81 bits per heavy atom. The first-order valence-electron chi connectivity index (χ1n) is 6.93. The first kappa shape index (κ1) is 15.2. The molecule has 1 unspecified atom stereocenters. The molecule has 1 amide bonds. The second-order valence-electron chi connectivity index (χ2n) is 5.60. The molecule has 2 aromatic rings. The molecule has 112 valence electrons. The van der Waals surface area contributed by atoms with Crippen LogP contribution in [0.15, 0.2) is 37.1 Å². The Balaban J connectivity index is 2.22. The first-order chi connectivity index (χ1) is 9.96. The van der Waals surface area contributed by atoms with E-state index in [-0.39, 0.29) is 11.8 Å². The lowest BCUT2D eigenvalue weighted by atomic mass is 9.88. The fraction of sp³-hybridized carbons (Fsp3) is 0.400. The predicted octanol–water partition coefficient (Wildman–Crippen LogP) is 1.37. The minimum absolute atomic E-state index is 0.152. The molecule has 3 N–H and O–H groups in total. The number of rotatable bonds is 5. The van der Waals surface area contributed by atoms with Gasteiger partial charge in [0.05, 0.1) is 5.54 Å². The van der Waals surface area contributed by atoms with Crippen molar-refractivity contribution in [1.29, 1.82) is 0 Å². The van der Waals surface area contributed by atoms with Crippen molar-refractivity contribution in [3.05, 3.63) is 42.6 Å². The summed E-state index contributed by atoms with van der Waals surface area (Å²) >= 11 is 0. The molecular formula is C15H21N5O. The van der Waals surface area contributed by atoms with E-state index in [1.54, 1.807) is 41.6 Å². The van der Waals surface area contributed by atoms with Gasteiger partial charge in [0.15, 0.2) is 0 Å². The number of carbonyl (C=O) groups is 1. The van der Waals surface area contributed by atoms with Crippen molar-refractivity contribution in [2.75, 3.05) is 6.54 Å². The van der Waals surface area contributed by atoms with Crippen LogP contribution in [0.1, 0.15) is 31.1 Å². The fourth-order valence-corrected chi connectivity index (χ4v) is 1.86. The average molecular weight is 287 g/mol. The molecule has 0 bridgehead atoms. The molecular weight excluding hydrogens is 266 g/mol. The number of hydrogen-bond acceptors (Lipinski definition) is 4. The zero-order chi connectivity index (χ0) is 15.5. The number of imidazole rings is 1. The van der Waals surface area contributed by atoms with Gasteiger partial charge in [0.2, 0.25) is 0 Å². The van der Waals surface area contributed by atoms with Gasteiger partial charge in [-0.3, -0.25) is 9.36 Å². The molecule has 2 heterocycles. The molecule has 0 aliphatic heterocycles. The normalized spacial score (nSPS) is 14.0. The van der Waals surface area contributed by atoms with E-state index in [0.717, 1.165) is 0 Å². The molecule has 21 heavy (non-hydrogen) atoms. The smallest absolute Gasteiger partial charge is 0.251 e. The predicted molar refractivity (Wildman–Crippen MR) is 81.1 cm³/mol. The number of nitrogens with zero attached hydrogens (tertiary/aromatic N) is 3. The molecule has 6 nitrogen and oxygen atoms in total. The van der Waals surface area contributed by atoms with Gasteiger partial charge in [0.25, 0.3) is 5.91 Å². The van der Waals surface area contributed by atoms with Gasteiger partial charge >= 0.3 is 0 Å². The van der Waals surface area contributed by atoms with Crippen molar-refractivity contribution in [2.24, 2.45) is 11.7 Å². The van der Waals surface area contributed by atoms with Crippen molar-refractivity contribution in [3.63, 3.8) is 0 Å². The standard InChI is InChI=1S/C15H21N5O/c1-11(2)15(3,9-16)19-14(21)12-4-5-18-13(8-12)20-7-6-17-10-20/h4-8,10-11H,9,16H2,1-3H3,(H,19,21). The van der Waals surface area contributed by atoms with E-state index >= 15 is 0 Å². The molecule has 0 saturated carbocycles. The maximum absolute atomic E-state index is 12.4. The lowest BCUT2D eigenvalue weighted by molar-refractivity contribution is 0.0883. The molecule has 6 heteroatoms. The molecule has 0 radical (unpaired) electrons. The van der Waals surface area contributed by atoms with Crippen molar-refractivity contribution in [3.8, 4) is 5.82 Å². The van der Waals surface area contributed by atoms with Crippen LogP contribution in [-0.2, 0) is 0 Å². The van der Waals surface area contributed by atoms with Gasteiger partial charge in [-0.25, -0.2) is 9.97 Å². The van der Waals surface area contributed by atoms with Gasteiger partial charge in [-0.05, 0) is 25.0 Å². The molecule has 0 aliphatic carbocycles. The number of pyridine rings is 1. The van der Waals surface area contributed by atoms with Gasteiger partial charge < -0.3 is 11.1 Å². The zero-order valence-electron chi connectivity index (χ0n) is 12.6. The van der Waals surface area contributed by atoms with Crippen molar-refractivity contribution >= 4 is 5.91 Å². The lowest BCUT2D eigenvalue weighted by Gasteiger charge is -2.33. The minimum atomic E-state index is -0.435. The van der Waals surface area contributed by atoms with E-state index in [1.807, 2.05) is 20.8 Å². The van der Waals surface area contributed by atoms with E-state index in [2.05, 4.69) is 15.3 Å². The quantitative estimate of drug-likeness (QED) is 0.869. The summed E-state index contributed by atoms with van der Waals surface area (Å²) in [6.45, 7) is 6.41. The Morgan fingerprint density at radius 1 is 1.48 bits per heavy atom. The summed E-state index contributed by atoms with van der Waals surface area (Å²) in [6.07, 6.45) is 6.70. The Morgan fingerprint density at radius 2 is 2.24 bits per heavy atom. The second-order valence-corrected chi connectivity index (χ2v) is 5.60. The molecule has 2 rings (SSSR count). The Labute approximate surface area is 124 Å². The molecule has 1 atom stereocenters. The topological polar surface area (TPSA) is 85.8 Å². The van der Waals surface area contributed by atoms with E-state index in [0.29, 0.717) is 17.9 Å². The summed E-state index contributed by atoms with van der Waals surface area (Å²) in [5, 5.41) is 3.01. The summed E-state index contributed by atoms with van der Waals surface area (Å²) in [4.78, 5) is 20.6. The molecule has 0 aromatic carbocycles.